The third kappa shape index (κ3) is 2.12. The van der Waals surface area contributed by atoms with Gasteiger partial charge in [0.2, 0.25) is 0 Å². The number of carboxylic acids is 1. The molecule has 3 rings (SSSR count). The molecule has 0 saturated carbocycles. The molecule has 1 saturated heterocycles. The number of carbonyl (C=O) groups is 1. The van der Waals surface area contributed by atoms with Gasteiger partial charge in [0.1, 0.15) is 11.9 Å². The number of rotatable bonds is 3. The summed E-state index contributed by atoms with van der Waals surface area (Å²) in [6.07, 6.45) is 5.28. The summed E-state index contributed by atoms with van der Waals surface area (Å²) in [4.78, 5) is 15.4. The summed E-state index contributed by atoms with van der Waals surface area (Å²) < 4.78 is 28.0. The lowest BCUT2D eigenvalue weighted by molar-refractivity contribution is -0.140. The summed E-state index contributed by atoms with van der Waals surface area (Å²) in [5.41, 5.74) is 0. The standard InChI is InChI=1S/C12H17N3O4S/c16-12(17)9-4-3-7-15(9)20(18,19)11-8-14-6-2-1-5-10(14)13-11/h8-9H,1-7H2,(H,16,17)/t9-/m0/s1. The summed E-state index contributed by atoms with van der Waals surface area (Å²) in [5, 5.41) is 9.11. The molecule has 1 aromatic heterocycles. The van der Waals surface area contributed by atoms with E-state index in [0.717, 1.165) is 35.9 Å². The van der Waals surface area contributed by atoms with Crippen molar-refractivity contribution in [2.24, 2.45) is 0 Å². The number of sulfonamides is 1. The molecule has 1 N–H and O–H groups in total. The molecule has 0 aromatic carbocycles. The van der Waals surface area contributed by atoms with E-state index in [1.165, 1.54) is 0 Å². The second-order valence-corrected chi connectivity index (χ2v) is 7.10. The molecule has 1 atom stereocenters. The fourth-order valence-corrected chi connectivity index (χ4v) is 4.53. The van der Waals surface area contributed by atoms with Crippen molar-refractivity contribution in [2.75, 3.05) is 6.54 Å². The van der Waals surface area contributed by atoms with Crippen LogP contribution in [0.4, 0.5) is 0 Å². The third-order valence-corrected chi connectivity index (χ3v) is 5.73. The number of aromatic nitrogens is 2. The molecule has 0 radical (unpaired) electrons. The normalized spacial score (nSPS) is 23.7. The zero-order chi connectivity index (χ0) is 14.3. The summed E-state index contributed by atoms with van der Waals surface area (Å²) in [7, 11) is -3.81. The molecule has 0 spiro atoms. The van der Waals surface area contributed by atoms with Crippen molar-refractivity contribution >= 4 is 16.0 Å². The van der Waals surface area contributed by atoms with E-state index in [9.17, 15) is 13.2 Å². The molecule has 0 bridgehead atoms. The predicted molar refractivity (Wildman–Crippen MR) is 69.7 cm³/mol. The summed E-state index contributed by atoms with van der Waals surface area (Å²) >= 11 is 0. The van der Waals surface area contributed by atoms with Gasteiger partial charge in [-0.3, -0.25) is 4.79 Å². The lowest BCUT2D eigenvalue weighted by Crippen LogP contribution is -2.40. The first-order valence-corrected chi connectivity index (χ1v) is 8.25. The zero-order valence-corrected chi connectivity index (χ0v) is 11.8. The van der Waals surface area contributed by atoms with Crippen molar-refractivity contribution in [3.05, 3.63) is 12.0 Å². The minimum Gasteiger partial charge on any atom is -0.480 e. The van der Waals surface area contributed by atoms with E-state index >= 15 is 0 Å². The van der Waals surface area contributed by atoms with Crippen molar-refractivity contribution in [3.63, 3.8) is 0 Å². The monoisotopic (exact) mass is 299 g/mol. The highest BCUT2D eigenvalue weighted by molar-refractivity contribution is 7.89. The maximum Gasteiger partial charge on any atom is 0.322 e. The van der Waals surface area contributed by atoms with Gasteiger partial charge in [-0.2, -0.15) is 4.31 Å². The zero-order valence-electron chi connectivity index (χ0n) is 11.0. The van der Waals surface area contributed by atoms with Crippen LogP contribution in [0.1, 0.15) is 31.5 Å². The van der Waals surface area contributed by atoms with Crippen molar-refractivity contribution in [1.82, 2.24) is 13.9 Å². The van der Waals surface area contributed by atoms with Gasteiger partial charge in [0.05, 0.1) is 0 Å². The fraction of sp³-hybridized carbons (Fsp3) is 0.667. The van der Waals surface area contributed by atoms with E-state index < -0.39 is 22.0 Å². The Hall–Kier alpha value is -1.41. The molecule has 0 amide bonds. The van der Waals surface area contributed by atoms with Crippen LogP contribution in [0.25, 0.3) is 0 Å². The number of fused-ring (bicyclic) bond motifs is 1. The number of hydrogen-bond acceptors (Lipinski definition) is 4. The fourth-order valence-electron chi connectivity index (χ4n) is 2.91. The number of carboxylic acid groups (broad SMARTS) is 1. The molecule has 1 fully saturated rings. The number of aliphatic carboxylic acids is 1. The Morgan fingerprint density at radius 1 is 1.30 bits per heavy atom. The van der Waals surface area contributed by atoms with Gasteiger partial charge in [-0.1, -0.05) is 0 Å². The number of aryl methyl sites for hydroxylation is 2. The molecule has 2 aliphatic heterocycles. The Labute approximate surface area is 117 Å². The SMILES string of the molecule is O=C(O)[C@@H]1CCCN1S(=O)(=O)c1cn2c(n1)CCCC2. The summed E-state index contributed by atoms with van der Waals surface area (Å²) in [6, 6.07) is -0.960. The van der Waals surface area contributed by atoms with E-state index in [1.807, 2.05) is 4.57 Å². The third-order valence-electron chi connectivity index (χ3n) is 3.95. The van der Waals surface area contributed by atoms with Crippen LogP contribution >= 0.6 is 0 Å². The molecule has 8 heteroatoms. The first kappa shape index (κ1) is 13.6. The van der Waals surface area contributed by atoms with Crippen molar-refractivity contribution in [3.8, 4) is 0 Å². The predicted octanol–water partition coefficient (Wildman–Crippen LogP) is 0.457. The average molecular weight is 299 g/mol. The molecule has 0 aliphatic carbocycles. The van der Waals surface area contributed by atoms with Gasteiger partial charge < -0.3 is 9.67 Å². The van der Waals surface area contributed by atoms with Gasteiger partial charge in [0.15, 0.2) is 5.03 Å². The van der Waals surface area contributed by atoms with Crippen LogP contribution in [0.3, 0.4) is 0 Å². The first-order valence-electron chi connectivity index (χ1n) is 6.81. The largest absolute Gasteiger partial charge is 0.480 e. The van der Waals surface area contributed by atoms with Crippen LogP contribution in [0.5, 0.6) is 0 Å². The van der Waals surface area contributed by atoms with Gasteiger partial charge in [-0.25, -0.2) is 13.4 Å². The smallest absolute Gasteiger partial charge is 0.322 e. The summed E-state index contributed by atoms with van der Waals surface area (Å²) in [6.45, 7) is 1.03. The molecule has 110 valence electrons. The van der Waals surface area contributed by atoms with E-state index in [1.54, 1.807) is 6.20 Å². The van der Waals surface area contributed by atoms with Gasteiger partial charge >= 0.3 is 5.97 Å². The molecule has 20 heavy (non-hydrogen) atoms. The lowest BCUT2D eigenvalue weighted by atomic mass is 10.2. The van der Waals surface area contributed by atoms with Crippen molar-refractivity contribution in [1.29, 1.82) is 0 Å². The highest BCUT2D eigenvalue weighted by Crippen LogP contribution is 2.27. The highest BCUT2D eigenvalue weighted by atomic mass is 32.2. The van der Waals surface area contributed by atoms with Gasteiger partial charge in [-0.05, 0) is 25.7 Å². The highest BCUT2D eigenvalue weighted by Gasteiger charge is 2.40. The summed E-state index contributed by atoms with van der Waals surface area (Å²) in [5.74, 6) is -0.309. The van der Waals surface area contributed by atoms with Gasteiger partial charge in [-0.15, -0.1) is 0 Å². The second-order valence-electron chi connectivity index (χ2n) is 5.26. The lowest BCUT2D eigenvalue weighted by Gasteiger charge is -2.19. The van der Waals surface area contributed by atoms with Crippen LogP contribution in [0, 0.1) is 0 Å². The van der Waals surface area contributed by atoms with Crippen LogP contribution in [0.15, 0.2) is 11.2 Å². The molecule has 0 unspecified atom stereocenters. The van der Waals surface area contributed by atoms with Crippen molar-refractivity contribution < 1.29 is 18.3 Å². The maximum absolute atomic E-state index is 12.6. The Morgan fingerprint density at radius 2 is 2.10 bits per heavy atom. The number of nitrogens with zero attached hydrogens (tertiary/aromatic N) is 3. The molecular weight excluding hydrogens is 282 g/mol. The molecule has 7 nitrogen and oxygen atoms in total. The van der Waals surface area contributed by atoms with Gasteiger partial charge in [0.25, 0.3) is 10.0 Å². The van der Waals surface area contributed by atoms with Crippen LogP contribution in [-0.4, -0.2) is 45.9 Å². The van der Waals surface area contributed by atoms with Crippen LogP contribution in [0.2, 0.25) is 0 Å². The maximum atomic E-state index is 12.6. The minimum atomic E-state index is -3.81. The average Bonchev–Trinajstić information content (AvgIpc) is 3.05. The van der Waals surface area contributed by atoms with Gasteiger partial charge in [0, 0.05) is 25.7 Å². The van der Waals surface area contributed by atoms with E-state index in [-0.39, 0.29) is 11.6 Å². The van der Waals surface area contributed by atoms with E-state index in [4.69, 9.17) is 5.11 Å². The second kappa shape index (κ2) is 4.85. The molecule has 1 aromatic rings. The van der Waals surface area contributed by atoms with Crippen molar-refractivity contribution in [2.45, 2.75) is 49.7 Å². The van der Waals surface area contributed by atoms with E-state index in [0.29, 0.717) is 12.8 Å². The Morgan fingerprint density at radius 3 is 2.80 bits per heavy atom. The molecule has 2 aliphatic rings. The molecule has 3 heterocycles. The Bertz CT molecular complexity index is 614. The van der Waals surface area contributed by atoms with Crippen LogP contribution < -0.4 is 0 Å². The first-order chi connectivity index (χ1) is 9.50. The topological polar surface area (TPSA) is 92.5 Å². The molecular formula is C12H17N3O4S. The Kier molecular flexibility index (Phi) is 3.29. The minimum absolute atomic E-state index is 0.0115. The number of imidazole rings is 1. The van der Waals surface area contributed by atoms with Crippen LogP contribution in [-0.2, 0) is 27.8 Å². The quantitative estimate of drug-likeness (QED) is 0.875. The van der Waals surface area contributed by atoms with E-state index in [2.05, 4.69) is 4.98 Å². The Balaban J connectivity index is 1.95. The number of hydrogen-bond donors (Lipinski definition) is 1.